The molecule has 0 aliphatic rings. The Labute approximate surface area is 121 Å². The summed E-state index contributed by atoms with van der Waals surface area (Å²) in [6.45, 7) is 5.98. The van der Waals surface area contributed by atoms with E-state index in [9.17, 15) is 4.79 Å². The van der Waals surface area contributed by atoms with Gasteiger partial charge in [0.1, 0.15) is 10.7 Å². The van der Waals surface area contributed by atoms with Crippen LogP contribution in [0.1, 0.15) is 37.3 Å². The fourth-order valence-electron chi connectivity index (χ4n) is 1.74. The maximum Gasteiger partial charge on any atom is 0.358 e. The third kappa shape index (κ3) is 2.67. The van der Waals surface area contributed by atoms with Crippen molar-refractivity contribution in [2.24, 2.45) is 0 Å². The molecular formula is C13H15ClN2O2S. The molecule has 2 aromatic heterocycles. The maximum atomic E-state index is 12.0. The van der Waals surface area contributed by atoms with Crippen LogP contribution in [0.5, 0.6) is 0 Å². The normalized spacial score (nSPS) is 11.0. The lowest BCUT2D eigenvalue weighted by Gasteiger charge is -2.09. The van der Waals surface area contributed by atoms with Gasteiger partial charge >= 0.3 is 5.97 Å². The first-order chi connectivity index (χ1) is 9.06. The van der Waals surface area contributed by atoms with Crippen LogP contribution in [0, 0.1) is 0 Å². The van der Waals surface area contributed by atoms with E-state index in [0.29, 0.717) is 23.0 Å². The molecule has 0 amide bonds. The van der Waals surface area contributed by atoms with Crippen molar-refractivity contribution in [1.82, 2.24) is 9.78 Å². The Morgan fingerprint density at radius 3 is 2.84 bits per heavy atom. The zero-order valence-electron chi connectivity index (χ0n) is 11.0. The van der Waals surface area contributed by atoms with Crippen molar-refractivity contribution in [2.45, 2.75) is 26.8 Å². The lowest BCUT2D eigenvalue weighted by Crippen LogP contribution is -2.15. The Hall–Kier alpha value is -1.33. The van der Waals surface area contributed by atoms with Gasteiger partial charge in [-0.2, -0.15) is 5.10 Å². The maximum absolute atomic E-state index is 12.0. The highest BCUT2D eigenvalue weighted by atomic mass is 35.5. The Kier molecular flexibility index (Phi) is 4.27. The Bertz CT molecular complexity index is 576. The van der Waals surface area contributed by atoms with Crippen LogP contribution < -0.4 is 0 Å². The average molecular weight is 299 g/mol. The van der Waals surface area contributed by atoms with E-state index in [1.54, 1.807) is 11.6 Å². The Balaban J connectivity index is 2.55. The predicted octanol–water partition coefficient (Wildman–Crippen LogP) is 4.02. The summed E-state index contributed by atoms with van der Waals surface area (Å²) in [7, 11) is 0. The molecule has 0 aliphatic carbocycles. The number of nitrogens with zero attached hydrogens (tertiary/aromatic N) is 2. The van der Waals surface area contributed by atoms with Crippen molar-refractivity contribution in [3.63, 3.8) is 0 Å². The molecule has 0 saturated carbocycles. The van der Waals surface area contributed by atoms with Crippen molar-refractivity contribution in [3.05, 3.63) is 28.2 Å². The molecule has 0 saturated heterocycles. The fraction of sp³-hybridized carbons (Fsp3) is 0.385. The largest absolute Gasteiger partial charge is 0.461 e. The molecule has 0 atom stereocenters. The number of rotatable bonds is 4. The van der Waals surface area contributed by atoms with Gasteiger partial charge in [0.2, 0.25) is 0 Å². The minimum absolute atomic E-state index is 0.0330. The standard InChI is InChI=1S/C13H15ClN2O2S/c1-4-18-13(17)12-10(14)11(9-6-5-7-19-9)15-16(12)8(2)3/h5-8H,4H2,1-3H3. The first kappa shape index (κ1) is 14.1. The summed E-state index contributed by atoms with van der Waals surface area (Å²) in [6.07, 6.45) is 0. The third-order valence-electron chi connectivity index (χ3n) is 2.57. The molecule has 0 aromatic carbocycles. The number of halogens is 1. The van der Waals surface area contributed by atoms with E-state index in [-0.39, 0.29) is 6.04 Å². The van der Waals surface area contributed by atoms with Crippen LogP contribution in [0.2, 0.25) is 5.02 Å². The first-order valence-electron chi connectivity index (χ1n) is 6.05. The second-order valence-corrected chi connectivity index (χ2v) is 5.57. The molecule has 0 N–H and O–H groups in total. The van der Waals surface area contributed by atoms with Gasteiger partial charge in [0.05, 0.1) is 11.5 Å². The molecule has 2 aromatic rings. The third-order valence-corrected chi connectivity index (χ3v) is 3.80. The van der Waals surface area contributed by atoms with Crippen LogP contribution in [0.25, 0.3) is 10.6 Å². The highest BCUT2D eigenvalue weighted by Gasteiger charge is 2.25. The van der Waals surface area contributed by atoms with E-state index < -0.39 is 5.97 Å². The lowest BCUT2D eigenvalue weighted by atomic mass is 10.3. The molecule has 0 unspecified atom stereocenters. The summed E-state index contributed by atoms with van der Waals surface area (Å²) >= 11 is 7.85. The van der Waals surface area contributed by atoms with Gasteiger partial charge in [0, 0.05) is 6.04 Å². The second-order valence-electron chi connectivity index (χ2n) is 4.25. The van der Waals surface area contributed by atoms with Crippen molar-refractivity contribution in [1.29, 1.82) is 0 Å². The summed E-state index contributed by atoms with van der Waals surface area (Å²) in [5.74, 6) is -0.434. The van der Waals surface area contributed by atoms with Crippen molar-refractivity contribution in [2.75, 3.05) is 6.61 Å². The number of hydrogen-bond donors (Lipinski definition) is 0. The number of carbonyl (C=O) groups is 1. The van der Waals surface area contributed by atoms with Gasteiger partial charge in [0.25, 0.3) is 0 Å². The minimum atomic E-state index is -0.434. The van der Waals surface area contributed by atoms with Crippen molar-refractivity contribution >= 4 is 28.9 Å². The highest BCUT2D eigenvalue weighted by Crippen LogP contribution is 2.34. The van der Waals surface area contributed by atoms with Gasteiger partial charge in [0.15, 0.2) is 5.69 Å². The van der Waals surface area contributed by atoms with Crippen LogP contribution >= 0.6 is 22.9 Å². The van der Waals surface area contributed by atoms with E-state index in [1.807, 2.05) is 31.4 Å². The van der Waals surface area contributed by atoms with E-state index in [0.717, 1.165) is 4.88 Å². The molecule has 2 rings (SSSR count). The second kappa shape index (κ2) is 5.75. The number of aromatic nitrogens is 2. The van der Waals surface area contributed by atoms with E-state index >= 15 is 0 Å². The molecule has 4 nitrogen and oxygen atoms in total. The lowest BCUT2D eigenvalue weighted by molar-refractivity contribution is 0.0510. The van der Waals surface area contributed by atoms with Gasteiger partial charge < -0.3 is 4.74 Å². The number of ether oxygens (including phenoxy) is 1. The van der Waals surface area contributed by atoms with Gasteiger partial charge in [-0.3, -0.25) is 4.68 Å². The number of esters is 1. The SMILES string of the molecule is CCOC(=O)c1c(Cl)c(-c2cccs2)nn1C(C)C. The van der Waals surface area contributed by atoms with E-state index in [4.69, 9.17) is 16.3 Å². The summed E-state index contributed by atoms with van der Waals surface area (Å²) in [5.41, 5.74) is 0.954. The quantitative estimate of drug-likeness (QED) is 0.801. The molecule has 0 aliphatic heterocycles. The summed E-state index contributed by atoms with van der Waals surface area (Å²) in [4.78, 5) is 12.9. The highest BCUT2D eigenvalue weighted by molar-refractivity contribution is 7.13. The summed E-state index contributed by atoms with van der Waals surface area (Å²) in [6, 6.07) is 3.89. The summed E-state index contributed by atoms with van der Waals surface area (Å²) in [5, 5.41) is 6.75. The first-order valence-corrected chi connectivity index (χ1v) is 7.31. The summed E-state index contributed by atoms with van der Waals surface area (Å²) < 4.78 is 6.67. The van der Waals surface area contributed by atoms with Crippen LogP contribution in [0.15, 0.2) is 17.5 Å². The predicted molar refractivity (Wildman–Crippen MR) is 76.9 cm³/mol. The Morgan fingerprint density at radius 2 is 2.32 bits per heavy atom. The molecule has 102 valence electrons. The van der Waals surface area contributed by atoms with Crippen LogP contribution in [-0.4, -0.2) is 22.4 Å². The van der Waals surface area contributed by atoms with Gasteiger partial charge in [-0.05, 0) is 32.2 Å². The van der Waals surface area contributed by atoms with Gasteiger partial charge in [-0.25, -0.2) is 4.79 Å². The zero-order valence-corrected chi connectivity index (χ0v) is 12.6. The Morgan fingerprint density at radius 1 is 1.58 bits per heavy atom. The average Bonchev–Trinajstić information content (AvgIpc) is 2.95. The van der Waals surface area contributed by atoms with Crippen LogP contribution in [-0.2, 0) is 4.74 Å². The molecule has 6 heteroatoms. The fourth-order valence-corrected chi connectivity index (χ4v) is 2.82. The van der Waals surface area contributed by atoms with Crippen molar-refractivity contribution in [3.8, 4) is 10.6 Å². The zero-order chi connectivity index (χ0) is 14.0. The van der Waals surface area contributed by atoms with Gasteiger partial charge in [-0.1, -0.05) is 17.7 Å². The van der Waals surface area contributed by atoms with Crippen LogP contribution in [0.4, 0.5) is 0 Å². The molecule has 0 bridgehead atoms. The molecule has 2 heterocycles. The van der Waals surface area contributed by atoms with Crippen molar-refractivity contribution < 1.29 is 9.53 Å². The smallest absolute Gasteiger partial charge is 0.358 e. The molecular weight excluding hydrogens is 284 g/mol. The number of thiophene rings is 1. The molecule has 0 radical (unpaired) electrons. The monoisotopic (exact) mass is 298 g/mol. The van der Waals surface area contributed by atoms with E-state index in [2.05, 4.69) is 5.10 Å². The van der Waals surface area contributed by atoms with E-state index in [1.165, 1.54) is 11.3 Å². The van der Waals surface area contributed by atoms with Gasteiger partial charge in [-0.15, -0.1) is 11.3 Å². The number of carbonyl (C=O) groups excluding carboxylic acids is 1. The molecule has 0 fully saturated rings. The van der Waals surface area contributed by atoms with Crippen LogP contribution in [0.3, 0.4) is 0 Å². The molecule has 19 heavy (non-hydrogen) atoms. The number of hydrogen-bond acceptors (Lipinski definition) is 4. The topological polar surface area (TPSA) is 44.1 Å². The molecule has 0 spiro atoms. The minimum Gasteiger partial charge on any atom is -0.461 e.